The van der Waals surface area contributed by atoms with Gasteiger partial charge in [-0.05, 0) is 23.8 Å². The quantitative estimate of drug-likeness (QED) is 0.430. The lowest BCUT2D eigenvalue weighted by Crippen LogP contribution is -2.34. The van der Waals surface area contributed by atoms with Crippen molar-refractivity contribution in [3.05, 3.63) is 94.5 Å². The van der Waals surface area contributed by atoms with Crippen molar-refractivity contribution >= 4 is 29.1 Å². The molecule has 0 aliphatic carbocycles. The molecule has 0 amide bonds. The number of aryl methyl sites for hydroxylation is 1. The molecule has 23 heavy (non-hydrogen) atoms. The predicted molar refractivity (Wildman–Crippen MR) is 97.2 cm³/mol. The fraction of sp³-hybridized carbons (Fsp3) is 0.105. The molecule has 0 spiro atoms. The Morgan fingerprint density at radius 3 is 2.39 bits per heavy atom. The second kappa shape index (κ2) is 7.53. The first kappa shape index (κ1) is 15.9. The molecule has 0 saturated carbocycles. The summed E-state index contributed by atoms with van der Waals surface area (Å²) in [5.41, 5.74) is 8.01. The normalized spacial score (nSPS) is 10.5. The topological polar surface area (TPSA) is 18.0 Å². The van der Waals surface area contributed by atoms with Crippen LogP contribution in [0.5, 0.6) is 0 Å². The van der Waals surface area contributed by atoms with Gasteiger partial charge in [-0.3, -0.25) is 0 Å². The van der Waals surface area contributed by atoms with Crippen molar-refractivity contribution in [2.75, 3.05) is 0 Å². The van der Waals surface area contributed by atoms with Crippen LogP contribution in [0.3, 0.4) is 0 Å². The lowest BCUT2D eigenvalue weighted by molar-refractivity contribution is -0.664. The first-order valence-corrected chi connectivity index (χ1v) is 8.75. The van der Waals surface area contributed by atoms with E-state index in [1.165, 1.54) is 5.56 Å². The molecule has 1 aromatic heterocycles. The summed E-state index contributed by atoms with van der Waals surface area (Å²) < 4.78 is 1.98. The van der Waals surface area contributed by atoms with Gasteiger partial charge in [0.25, 0.3) is 0 Å². The molecule has 0 aliphatic heterocycles. The Balaban J connectivity index is 1.80. The summed E-state index contributed by atoms with van der Waals surface area (Å²) in [6.45, 7) is 2.06. The van der Waals surface area contributed by atoms with E-state index in [1.54, 1.807) is 11.8 Å². The highest BCUT2D eigenvalue weighted by Gasteiger charge is 2.09. The van der Waals surface area contributed by atoms with E-state index in [1.807, 2.05) is 35.0 Å². The van der Waals surface area contributed by atoms with Crippen molar-refractivity contribution in [2.45, 2.75) is 17.7 Å². The Labute approximate surface area is 146 Å². The van der Waals surface area contributed by atoms with E-state index in [4.69, 9.17) is 17.0 Å². The van der Waals surface area contributed by atoms with Crippen molar-refractivity contribution in [1.29, 1.82) is 0 Å². The number of nitrogens with zero attached hydrogens (tertiary/aromatic N) is 2. The van der Waals surface area contributed by atoms with Crippen LogP contribution >= 0.6 is 23.4 Å². The van der Waals surface area contributed by atoms with Gasteiger partial charge in [0.2, 0.25) is 5.03 Å². The summed E-state index contributed by atoms with van der Waals surface area (Å²) in [6.07, 6.45) is 0. The van der Waals surface area contributed by atoms with Gasteiger partial charge in [0.15, 0.2) is 5.69 Å². The van der Waals surface area contributed by atoms with Gasteiger partial charge in [-0.25, -0.2) is 4.68 Å². The van der Waals surface area contributed by atoms with Crippen molar-refractivity contribution in [2.24, 2.45) is 0 Å². The first-order chi connectivity index (χ1) is 11.2. The van der Waals surface area contributed by atoms with Crippen LogP contribution in [0.25, 0.3) is 5.43 Å². The molecular formula is C19H17ClN2S. The minimum atomic E-state index is 0.720. The number of hydrogen-bond acceptors (Lipinski definition) is 1. The number of hydrogen-bond donors (Lipinski definition) is 0. The summed E-state index contributed by atoms with van der Waals surface area (Å²) in [5.74, 6) is 0.917. The summed E-state index contributed by atoms with van der Waals surface area (Å²) in [5, 5.41) is 1.83. The van der Waals surface area contributed by atoms with Crippen molar-refractivity contribution in [1.82, 2.24) is 0 Å². The summed E-state index contributed by atoms with van der Waals surface area (Å²) >= 11 is 7.72. The van der Waals surface area contributed by atoms with Gasteiger partial charge < -0.3 is 5.43 Å². The number of benzene rings is 2. The largest absolute Gasteiger partial charge is 0.404 e. The average molecular weight is 341 g/mol. The van der Waals surface area contributed by atoms with Crippen molar-refractivity contribution < 1.29 is 4.68 Å². The number of thioether (sulfide) groups is 1. The van der Waals surface area contributed by atoms with E-state index in [0.29, 0.717) is 0 Å². The first-order valence-electron chi connectivity index (χ1n) is 7.38. The zero-order chi connectivity index (χ0) is 16.1. The number of pyridine rings is 1. The van der Waals surface area contributed by atoms with Gasteiger partial charge in [-0.15, -0.1) is 0 Å². The average Bonchev–Trinajstić information content (AvgIpc) is 2.58. The maximum absolute atomic E-state index is 5.94. The second-order valence-corrected chi connectivity index (χ2v) is 6.60. The molecule has 0 unspecified atom stereocenters. The maximum Gasteiger partial charge on any atom is 0.236 e. The molecule has 0 aliphatic rings. The Morgan fingerprint density at radius 1 is 0.913 bits per heavy atom. The predicted octanol–water partition coefficient (Wildman–Crippen LogP) is 5.70. The fourth-order valence-corrected chi connectivity index (χ4v) is 3.29. The van der Waals surface area contributed by atoms with Crippen LogP contribution in [0.15, 0.2) is 77.8 Å². The summed E-state index contributed by atoms with van der Waals surface area (Å²) in [6, 6.07) is 24.2. The molecule has 2 aromatic carbocycles. The molecule has 0 radical (unpaired) electrons. The van der Waals surface area contributed by atoms with Crippen LogP contribution < -0.4 is 4.68 Å². The molecule has 0 N–H and O–H groups in total. The molecule has 0 bridgehead atoms. The third-order valence-electron chi connectivity index (χ3n) is 3.39. The van der Waals surface area contributed by atoms with Crippen LogP contribution in [0.1, 0.15) is 11.3 Å². The molecule has 0 atom stereocenters. The van der Waals surface area contributed by atoms with Gasteiger partial charge in [-0.1, -0.05) is 71.5 Å². The van der Waals surface area contributed by atoms with Crippen LogP contribution in [0.2, 0.25) is 5.02 Å². The van der Waals surface area contributed by atoms with E-state index in [2.05, 4.69) is 49.4 Å². The SMILES string of the molecule is Cc1cccc(SCc2ccccc2)[n+]1[N-]c1ccc(Cl)cc1. The van der Waals surface area contributed by atoms with Crippen molar-refractivity contribution in [3.8, 4) is 0 Å². The molecule has 1 heterocycles. The standard InChI is InChI=1S/C19H17ClN2S/c1-15-6-5-9-19(23-14-16-7-3-2-4-8-16)22(15)21-18-12-10-17(20)11-13-18/h2-13H,14H2,1H3. The van der Waals surface area contributed by atoms with E-state index in [0.717, 1.165) is 27.2 Å². The molecule has 3 aromatic rings. The number of rotatable bonds is 5. The zero-order valence-electron chi connectivity index (χ0n) is 12.8. The van der Waals surface area contributed by atoms with E-state index >= 15 is 0 Å². The number of halogens is 1. The monoisotopic (exact) mass is 340 g/mol. The van der Waals surface area contributed by atoms with Crippen LogP contribution in [-0.4, -0.2) is 0 Å². The Bertz CT molecular complexity index is 773. The van der Waals surface area contributed by atoms with Gasteiger partial charge in [0, 0.05) is 29.8 Å². The third-order valence-corrected chi connectivity index (χ3v) is 4.73. The van der Waals surface area contributed by atoms with E-state index in [-0.39, 0.29) is 0 Å². The van der Waals surface area contributed by atoms with Gasteiger partial charge >= 0.3 is 0 Å². The van der Waals surface area contributed by atoms with Crippen LogP contribution in [-0.2, 0) is 5.75 Å². The highest BCUT2D eigenvalue weighted by molar-refractivity contribution is 7.98. The highest BCUT2D eigenvalue weighted by Crippen LogP contribution is 2.24. The Morgan fingerprint density at radius 2 is 1.65 bits per heavy atom. The molecule has 0 saturated heterocycles. The zero-order valence-corrected chi connectivity index (χ0v) is 14.4. The lowest BCUT2D eigenvalue weighted by Gasteiger charge is -2.18. The summed E-state index contributed by atoms with van der Waals surface area (Å²) in [4.78, 5) is 0. The maximum atomic E-state index is 5.94. The molecule has 4 heteroatoms. The van der Waals surface area contributed by atoms with E-state index < -0.39 is 0 Å². The molecular weight excluding hydrogens is 324 g/mol. The second-order valence-electron chi connectivity index (χ2n) is 5.17. The smallest absolute Gasteiger partial charge is 0.236 e. The fourth-order valence-electron chi connectivity index (χ4n) is 2.18. The molecule has 0 fully saturated rings. The number of aromatic nitrogens is 1. The Kier molecular flexibility index (Phi) is 5.21. The highest BCUT2D eigenvalue weighted by atomic mass is 35.5. The minimum Gasteiger partial charge on any atom is -0.404 e. The van der Waals surface area contributed by atoms with Gasteiger partial charge in [-0.2, -0.15) is 0 Å². The minimum absolute atomic E-state index is 0.720. The summed E-state index contributed by atoms with van der Waals surface area (Å²) in [7, 11) is 0. The molecule has 116 valence electrons. The molecule has 2 nitrogen and oxygen atoms in total. The lowest BCUT2D eigenvalue weighted by atomic mass is 10.2. The van der Waals surface area contributed by atoms with Crippen molar-refractivity contribution in [3.63, 3.8) is 0 Å². The van der Waals surface area contributed by atoms with Crippen LogP contribution in [0.4, 0.5) is 5.69 Å². The third kappa shape index (κ3) is 4.27. The van der Waals surface area contributed by atoms with Gasteiger partial charge in [0.1, 0.15) is 0 Å². The molecule has 3 rings (SSSR count). The van der Waals surface area contributed by atoms with Crippen LogP contribution in [0, 0.1) is 6.92 Å². The Hall–Kier alpha value is -1.97. The van der Waals surface area contributed by atoms with E-state index in [9.17, 15) is 0 Å². The van der Waals surface area contributed by atoms with Gasteiger partial charge in [0.05, 0.1) is 0 Å².